The smallest absolute Gasteiger partial charge is 0.231 e. The van der Waals surface area contributed by atoms with Crippen molar-refractivity contribution in [1.29, 1.82) is 0 Å². The van der Waals surface area contributed by atoms with E-state index in [4.69, 9.17) is 9.47 Å². The Morgan fingerprint density at radius 2 is 2.00 bits per heavy atom. The Morgan fingerprint density at radius 3 is 2.88 bits per heavy atom. The topological polar surface area (TPSA) is 35.5 Å². The van der Waals surface area contributed by atoms with E-state index in [0.29, 0.717) is 5.78 Å². The van der Waals surface area contributed by atoms with Crippen LogP contribution in [0, 0.1) is 0 Å². The van der Waals surface area contributed by atoms with Crippen LogP contribution in [0.25, 0.3) is 0 Å². The Kier molecular flexibility index (Phi) is 2.31. The van der Waals surface area contributed by atoms with E-state index in [9.17, 15) is 4.79 Å². The van der Waals surface area contributed by atoms with Crippen LogP contribution >= 0.6 is 0 Å². The molecule has 3 nitrogen and oxygen atoms in total. The molecule has 16 heavy (non-hydrogen) atoms. The van der Waals surface area contributed by atoms with Crippen LogP contribution in [0.2, 0.25) is 0 Å². The van der Waals surface area contributed by atoms with Crippen LogP contribution in [0.4, 0.5) is 0 Å². The average molecular weight is 218 g/mol. The molecule has 1 heterocycles. The van der Waals surface area contributed by atoms with Gasteiger partial charge in [0.15, 0.2) is 11.5 Å². The van der Waals surface area contributed by atoms with Crippen LogP contribution in [0.15, 0.2) is 18.2 Å². The summed E-state index contributed by atoms with van der Waals surface area (Å²) in [5.74, 6) is 2.00. The van der Waals surface area contributed by atoms with Gasteiger partial charge in [-0.25, -0.2) is 0 Å². The molecule has 1 fully saturated rings. The molecule has 3 rings (SSSR count). The standard InChI is InChI=1S/C13H14O3/c14-11-4-2-1-3-10(11)9-5-6-12-13(7-9)16-8-15-12/h5-7,10H,1-4,8H2. The second kappa shape index (κ2) is 3.81. The third-order valence-corrected chi connectivity index (χ3v) is 3.35. The van der Waals surface area contributed by atoms with E-state index in [1.54, 1.807) is 0 Å². The molecule has 1 aliphatic heterocycles. The summed E-state index contributed by atoms with van der Waals surface area (Å²) in [6, 6.07) is 5.84. The summed E-state index contributed by atoms with van der Waals surface area (Å²) in [6.45, 7) is 0.289. The van der Waals surface area contributed by atoms with E-state index in [1.165, 1.54) is 0 Å². The highest BCUT2D eigenvalue weighted by molar-refractivity contribution is 5.86. The van der Waals surface area contributed by atoms with Crippen molar-refractivity contribution < 1.29 is 14.3 Å². The molecule has 1 aromatic carbocycles. The number of hydrogen-bond acceptors (Lipinski definition) is 3. The zero-order valence-electron chi connectivity index (χ0n) is 9.07. The molecule has 0 N–H and O–H groups in total. The second-order valence-electron chi connectivity index (χ2n) is 4.38. The monoisotopic (exact) mass is 218 g/mol. The van der Waals surface area contributed by atoms with Crippen LogP contribution < -0.4 is 9.47 Å². The van der Waals surface area contributed by atoms with Crippen LogP contribution in [0.1, 0.15) is 37.2 Å². The van der Waals surface area contributed by atoms with Crippen molar-refractivity contribution in [3.8, 4) is 11.5 Å². The number of Topliss-reactive ketones (excluding diaryl/α,β-unsaturated/α-hetero) is 1. The second-order valence-corrected chi connectivity index (χ2v) is 4.38. The van der Waals surface area contributed by atoms with Gasteiger partial charge in [0.1, 0.15) is 5.78 Å². The lowest BCUT2D eigenvalue weighted by molar-refractivity contribution is -0.121. The number of ketones is 1. The van der Waals surface area contributed by atoms with Crippen molar-refractivity contribution in [2.24, 2.45) is 0 Å². The van der Waals surface area contributed by atoms with Crippen LogP contribution in [-0.2, 0) is 4.79 Å². The van der Waals surface area contributed by atoms with Crippen molar-refractivity contribution in [1.82, 2.24) is 0 Å². The first kappa shape index (κ1) is 9.70. The van der Waals surface area contributed by atoms with Gasteiger partial charge in [-0.3, -0.25) is 4.79 Å². The molecule has 3 heteroatoms. The molecule has 0 amide bonds. The Balaban J connectivity index is 1.91. The van der Waals surface area contributed by atoms with Gasteiger partial charge >= 0.3 is 0 Å². The fourth-order valence-corrected chi connectivity index (χ4v) is 2.47. The van der Waals surface area contributed by atoms with E-state index in [-0.39, 0.29) is 12.7 Å². The van der Waals surface area contributed by atoms with E-state index < -0.39 is 0 Å². The number of benzene rings is 1. The summed E-state index contributed by atoms with van der Waals surface area (Å²) >= 11 is 0. The first-order valence-corrected chi connectivity index (χ1v) is 5.77. The van der Waals surface area contributed by atoms with Crippen molar-refractivity contribution in [2.45, 2.75) is 31.6 Å². The van der Waals surface area contributed by atoms with Crippen molar-refractivity contribution >= 4 is 5.78 Å². The van der Waals surface area contributed by atoms with Gasteiger partial charge < -0.3 is 9.47 Å². The van der Waals surface area contributed by atoms with E-state index in [0.717, 1.165) is 42.7 Å². The Bertz CT molecular complexity index is 425. The first-order valence-electron chi connectivity index (χ1n) is 5.77. The molecule has 1 aromatic rings. The number of carbonyl (C=O) groups is 1. The summed E-state index contributed by atoms with van der Waals surface area (Å²) in [5.41, 5.74) is 1.08. The van der Waals surface area contributed by atoms with E-state index in [2.05, 4.69) is 0 Å². The Labute approximate surface area is 94.4 Å². The lowest BCUT2D eigenvalue weighted by atomic mass is 9.83. The van der Waals surface area contributed by atoms with E-state index in [1.807, 2.05) is 18.2 Å². The maximum Gasteiger partial charge on any atom is 0.231 e. The molecule has 0 spiro atoms. The van der Waals surface area contributed by atoms with Gasteiger partial charge in [-0.15, -0.1) is 0 Å². The predicted octanol–water partition coefficient (Wildman–Crippen LogP) is 2.64. The van der Waals surface area contributed by atoms with Gasteiger partial charge in [0.25, 0.3) is 0 Å². The highest BCUT2D eigenvalue weighted by Gasteiger charge is 2.25. The number of rotatable bonds is 1. The van der Waals surface area contributed by atoms with Gasteiger partial charge in [-0.2, -0.15) is 0 Å². The Morgan fingerprint density at radius 1 is 1.12 bits per heavy atom. The highest BCUT2D eigenvalue weighted by Crippen LogP contribution is 2.37. The molecule has 0 bridgehead atoms. The zero-order chi connectivity index (χ0) is 11.0. The molecule has 2 aliphatic rings. The molecule has 1 unspecified atom stereocenters. The van der Waals surface area contributed by atoms with Crippen LogP contribution in [0.5, 0.6) is 11.5 Å². The molecular weight excluding hydrogens is 204 g/mol. The van der Waals surface area contributed by atoms with Crippen LogP contribution in [0.3, 0.4) is 0 Å². The SMILES string of the molecule is O=C1CCCCC1c1ccc2c(c1)OCO2. The zero-order valence-corrected chi connectivity index (χ0v) is 9.07. The van der Waals surface area contributed by atoms with Gasteiger partial charge in [-0.05, 0) is 30.5 Å². The average Bonchev–Trinajstić information content (AvgIpc) is 2.76. The van der Waals surface area contributed by atoms with Gasteiger partial charge in [0, 0.05) is 12.3 Å². The van der Waals surface area contributed by atoms with Gasteiger partial charge in [-0.1, -0.05) is 12.5 Å². The normalized spacial score (nSPS) is 23.5. The van der Waals surface area contributed by atoms with E-state index >= 15 is 0 Å². The predicted molar refractivity (Wildman–Crippen MR) is 58.8 cm³/mol. The third-order valence-electron chi connectivity index (χ3n) is 3.35. The van der Waals surface area contributed by atoms with Gasteiger partial charge in [0.2, 0.25) is 6.79 Å². The molecule has 1 atom stereocenters. The minimum atomic E-state index is 0.0725. The summed E-state index contributed by atoms with van der Waals surface area (Å²) in [4.78, 5) is 11.8. The highest BCUT2D eigenvalue weighted by atomic mass is 16.7. The number of ether oxygens (including phenoxy) is 2. The molecule has 0 aromatic heterocycles. The summed E-state index contributed by atoms with van der Waals surface area (Å²) < 4.78 is 10.6. The summed E-state index contributed by atoms with van der Waals surface area (Å²) in [6.07, 6.45) is 3.88. The third kappa shape index (κ3) is 1.56. The molecule has 0 radical (unpaired) electrons. The Hall–Kier alpha value is -1.51. The molecule has 0 saturated heterocycles. The minimum Gasteiger partial charge on any atom is -0.454 e. The quantitative estimate of drug-likeness (QED) is 0.727. The molecule has 1 aliphatic carbocycles. The molecular formula is C13H14O3. The largest absolute Gasteiger partial charge is 0.454 e. The lowest BCUT2D eigenvalue weighted by Crippen LogP contribution is -2.16. The number of fused-ring (bicyclic) bond motifs is 1. The minimum absolute atomic E-state index is 0.0725. The van der Waals surface area contributed by atoms with Crippen molar-refractivity contribution in [2.75, 3.05) is 6.79 Å². The fourth-order valence-electron chi connectivity index (χ4n) is 2.47. The first-order chi connectivity index (χ1) is 7.84. The summed E-state index contributed by atoms with van der Waals surface area (Å²) in [7, 11) is 0. The lowest BCUT2D eigenvalue weighted by Gasteiger charge is -2.20. The number of hydrogen-bond donors (Lipinski definition) is 0. The summed E-state index contributed by atoms with van der Waals surface area (Å²) in [5, 5.41) is 0. The van der Waals surface area contributed by atoms with Crippen molar-refractivity contribution in [3.05, 3.63) is 23.8 Å². The maximum atomic E-state index is 11.8. The van der Waals surface area contributed by atoms with Crippen LogP contribution in [-0.4, -0.2) is 12.6 Å². The van der Waals surface area contributed by atoms with Crippen molar-refractivity contribution in [3.63, 3.8) is 0 Å². The number of carbonyl (C=O) groups excluding carboxylic acids is 1. The molecule has 1 saturated carbocycles. The fraction of sp³-hybridized carbons (Fsp3) is 0.462. The maximum absolute atomic E-state index is 11.8. The molecule has 84 valence electrons. The van der Waals surface area contributed by atoms with Gasteiger partial charge in [0.05, 0.1) is 0 Å².